The quantitative estimate of drug-likeness (QED) is 0.525. The van der Waals surface area contributed by atoms with Crippen LogP contribution in [-0.2, 0) is 4.79 Å². The van der Waals surface area contributed by atoms with Gasteiger partial charge in [-0.15, -0.1) is 10.2 Å². The Labute approximate surface area is 191 Å². The minimum Gasteiger partial charge on any atom is -0.352 e. The largest absolute Gasteiger partial charge is 0.352 e. The van der Waals surface area contributed by atoms with E-state index in [1.807, 2.05) is 41.8 Å². The summed E-state index contributed by atoms with van der Waals surface area (Å²) in [6.07, 6.45) is 8.12. The van der Waals surface area contributed by atoms with E-state index in [9.17, 15) is 4.79 Å². The van der Waals surface area contributed by atoms with Gasteiger partial charge in [0.2, 0.25) is 5.91 Å². The van der Waals surface area contributed by atoms with Crippen LogP contribution in [0.2, 0.25) is 5.02 Å². The molecule has 162 valence electrons. The number of aromatic nitrogens is 4. The number of hydrogen-bond donors (Lipinski definition) is 1. The van der Waals surface area contributed by atoms with Crippen molar-refractivity contribution in [3.8, 4) is 17.1 Å². The highest BCUT2D eigenvalue weighted by atomic mass is 35.5. The molecular formula is C23H26ClN5OS. The summed E-state index contributed by atoms with van der Waals surface area (Å²) in [6, 6.07) is 9.82. The van der Waals surface area contributed by atoms with Crippen molar-refractivity contribution in [2.24, 2.45) is 5.92 Å². The molecule has 2 unspecified atom stereocenters. The van der Waals surface area contributed by atoms with Crippen LogP contribution in [0.3, 0.4) is 0 Å². The fourth-order valence-corrected chi connectivity index (χ4v) is 4.94. The van der Waals surface area contributed by atoms with E-state index >= 15 is 0 Å². The molecule has 1 aromatic carbocycles. The molecule has 1 saturated carbocycles. The molecule has 1 N–H and O–H groups in total. The molecule has 2 aromatic heterocycles. The summed E-state index contributed by atoms with van der Waals surface area (Å²) in [5.74, 6) is 1.54. The lowest BCUT2D eigenvalue weighted by Crippen LogP contribution is -2.41. The molecule has 2 heterocycles. The van der Waals surface area contributed by atoms with Crippen molar-refractivity contribution in [1.29, 1.82) is 0 Å². The summed E-state index contributed by atoms with van der Waals surface area (Å²) < 4.78 is 1.97. The van der Waals surface area contributed by atoms with Crippen molar-refractivity contribution in [3.05, 3.63) is 53.3 Å². The second-order valence-electron chi connectivity index (χ2n) is 7.99. The molecule has 1 aliphatic carbocycles. The number of rotatable bonds is 6. The van der Waals surface area contributed by atoms with Crippen molar-refractivity contribution in [2.75, 3.05) is 5.75 Å². The van der Waals surface area contributed by atoms with E-state index in [0.29, 0.717) is 21.9 Å². The fraction of sp³-hybridized carbons (Fsp3) is 0.391. The van der Waals surface area contributed by atoms with Gasteiger partial charge in [-0.05, 0) is 55.5 Å². The molecule has 1 aliphatic rings. The van der Waals surface area contributed by atoms with Crippen LogP contribution in [0.15, 0.2) is 47.9 Å². The van der Waals surface area contributed by atoms with Crippen LogP contribution in [0.5, 0.6) is 0 Å². The molecule has 2 atom stereocenters. The lowest BCUT2D eigenvalue weighted by molar-refractivity contribution is -0.119. The van der Waals surface area contributed by atoms with Gasteiger partial charge in [-0.1, -0.05) is 49.2 Å². The summed E-state index contributed by atoms with van der Waals surface area (Å²) in [5.41, 5.74) is 2.73. The first-order chi connectivity index (χ1) is 15.0. The minimum absolute atomic E-state index is 0.0339. The third-order valence-electron chi connectivity index (χ3n) is 5.84. The Balaban J connectivity index is 1.60. The van der Waals surface area contributed by atoms with Crippen molar-refractivity contribution in [2.45, 2.75) is 50.7 Å². The van der Waals surface area contributed by atoms with E-state index < -0.39 is 0 Å². The zero-order valence-electron chi connectivity index (χ0n) is 17.7. The lowest BCUT2D eigenvalue weighted by atomic mass is 9.86. The summed E-state index contributed by atoms with van der Waals surface area (Å²) in [7, 11) is 0. The van der Waals surface area contributed by atoms with Crippen molar-refractivity contribution >= 4 is 29.3 Å². The van der Waals surface area contributed by atoms with Gasteiger partial charge in [0.15, 0.2) is 11.0 Å². The third kappa shape index (κ3) is 4.93. The number of nitrogens with zero attached hydrogens (tertiary/aromatic N) is 4. The molecular weight excluding hydrogens is 430 g/mol. The first kappa shape index (κ1) is 21.8. The van der Waals surface area contributed by atoms with Gasteiger partial charge in [-0.2, -0.15) is 0 Å². The first-order valence-electron chi connectivity index (χ1n) is 10.6. The number of halogens is 1. The number of carbonyl (C=O) groups is 1. The maximum atomic E-state index is 12.7. The van der Waals surface area contributed by atoms with Gasteiger partial charge in [-0.25, -0.2) is 0 Å². The molecule has 0 spiro atoms. The summed E-state index contributed by atoms with van der Waals surface area (Å²) in [5, 5.41) is 13.4. The summed E-state index contributed by atoms with van der Waals surface area (Å²) >= 11 is 7.78. The minimum atomic E-state index is 0.0339. The second-order valence-corrected chi connectivity index (χ2v) is 9.34. The molecule has 0 bridgehead atoms. The van der Waals surface area contributed by atoms with Gasteiger partial charge in [0.1, 0.15) is 0 Å². The van der Waals surface area contributed by atoms with E-state index in [1.54, 1.807) is 12.4 Å². The lowest BCUT2D eigenvalue weighted by Gasteiger charge is -2.29. The molecule has 31 heavy (non-hydrogen) atoms. The predicted molar refractivity (Wildman–Crippen MR) is 125 cm³/mol. The average molecular weight is 456 g/mol. The van der Waals surface area contributed by atoms with Gasteiger partial charge in [0.25, 0.3) is 0 Å². The maximum absolute atomic E-state index is 12.7. The number of amides is 1. The van der Waals surface area contributed by atoms with E-state index in [4.69, 9.17) is 11.6 Å². The van der Waals surface area contributed by atoms with Crippen LogP contribution in [0.1, 0.15) is 38.2 Å². The Morgan fingerprint density at radius 1 is 1.19 bits per heavy atom. The Morgan fingerprint density at radius 2 is 1.97 bits per heavy atom. The molecule has 1 fully saturated rings. The van der Waals surface area contributed by atoms with Crippen LogP contribution in [-0.4, -0.2) is 37.5 Å². The zero-order valence-corrected chi connectivity index (χ0v) is 19.3. The van der Waals surface area contributed by atoms with Crippen LogP contribution in [0.4, 0.5) is 0 Å². The topological polar surface area (TPSA) is 72.7 Å². The number of nitrogens with one attached hydrogen (secondary N) is 1. The summed E-state index contributed by atoms with van der Waals surface area (Å²) in [4.78, 5) is 16.8. The SMILES string of the molecule is Cc1c(Cl)cccc1-n1c(SCC(=O)NC2CCCCC2C)nnc1-c1ccncc1. The van der Waals surface area contributed by atoms with Gasteiger partial charge >= 0.3 is 0 Å². The second kappa shape index (κ2) is 9.83. The molecule has 0 aliphatic heterocycles. The molecule has 1 amide bonds. The number of thioether (sulfide) groups is 1. The van der Waals surface area contributed by atoms with Crippen molar-refractivity contribution in [1.82, 2.24) is 25.1 Å². The van der Waals surface area contributed by atoms with Gasteiger partial charge in [-0.3, -0.25) is 14.3 Å². The number of benzene rings is 1. The molecule has 4 rings (SSSR count). The maximum Gasteiger partial charge on any atom is 0.230 e. The highest BCUT2D eigenvalue weighted by Crippen LogP contribution is 2.31. The first-order valence-corrected chi connectivity index (χ1v) is 11.9. The standard InChI is InChI=1S/C23H26ClN5OS/c1-15-6-3-4-8-19(15)26-21(30)14-31-23-28-27-22(17-10-12-25-13-11-17)29(23)20-9-5-7-18(24)16(20)2/h5,7,9-13,15,19H,3-4,6,8,14H2,1-2H3,(H,26,30). The number of hydrogen-bond acceptors (Lipinski definition) is 5. The number of pyridine rings is 1. The Kier molecular flexibility index (Phi) is 6.92. The Bertz CT molecular complexity index is 1060. The smallest absolute Gasteiger partial charge is 0.230 e. The molecule has 3 aromatic rings. The van der Waals surface area contributed by atoms with E-state index in [1.165, 1.54) is 31.0 Å². The summed E-state index contributed by atoms with van der Waals surface area (Å²) in [6.45, 7) is 4.19. The monoisotopic (exact) mass is 455 g/mol. The van der Waals surface area contributed by atoms with Crippen molar-refractivity contribution < 1.29 is 4.79 Å². The van der Waals surface area contributed by atoms with E-state index in [2.05, 4.69) is 27.4 Å². The fourth-order valence-electron chi connectivity index (χ4n) is 4.02. The Morgan fingerprint density at radius 3 is 2.74 bits per heavy atom. The Hall–Kier alpha value is -2.38. The molecule has 8 heteroatoms. The van der Waals surface area contributed by atoms with E-state index in [0.717, 1.165) is 23.2 Å². The average Bonchev–Trinajstić information content (AvgIpc) is 3.20. The van der Waals surface area contributed by atoms with Gasteiger partial charge in [0, 0.05) is 29.0 Å². The molecule has 0 saturated heterocycles. The highest BCUT2D eigenvalue weighted by molar-refractivity contribution is 7.99. The van der Waals surface area contributed by atoms with Gasteiger partial charge < -0.3 is 5.32 Å². The molecule has 0 radical (unpaired) electrons. The van der Waals surface area contributed by atoms with Crippen LogP contribution in [0, 0.1) is 12.8 Å². The highest BCUT2D eigenvalue weighted by Gasteiger charge is 2.24. The van der Waals surface area contributed by atoms with Crippen LogP contribution < -0.4 is 5.32 Å². The van der Waals surface area contributed by atoms with Crippen LogP contribution >= 0.6 is 23.4 Å². The van der Waals surface area contributed by atoms with Crippen LogP contribution in [0.25, 0.3) is 17.1 Å². The number of carbonyl (C=O) groups excluding carboxylic acids is 1. The zero-order chi connectivity index (χ0) is 21.8. The van der Waals surface area contributed by atoms with Crippen molar-refractivity contribution in [3.63, 3.8) is 0 Å². The van der Waals surface area contributed by atoms with E-state index in [-0.39, 0.29) is 17.7 Å². The normalized spacial score (nSPS) is 18.7. The van der Waals surface area contributed by atoms with Gasteiger partial charge in [0.05, 0.1) is 11.4 Å². The molecule has 6 nitrogen and oxygen atoms in total. The predicted octanol–water partition coefficient (Wildman–Crippen LogP) is 5.08. The third-order valence-corrected chi connectivity index (χ3v) is 7.18.